The summed E-state index contributed by atoms with van der Waals surface area (Å²) in [6, 6.07) is 0. The summed E-state index contributed by atoms with van der Waals surface area (Å²) >= 11 is 0. The van der Waals surface area contributed by atoms with E-state index in [0.29, 0.717) is 41.4 Å². The lowest BCUT2D eigenvalue weighted by Crippen LogP contribution is -2.62. The van der Waals surface area contributed by atoms with E-state index in [9.17, 15) is 15.0 Å². The molecule has 172 valence electrons. The van der Waals surface area contributed by atoms with Gasteiger partial charge in [-0.1, -0.05) is 34.1 Å². The molecule has 4 aliphatic carbocycles. The molecule has 4 fully saturated rings. The van der Waals surface area contributed by atoms with Gasteiger partial charge in [0.25, 0.3) is 0 Å². The van der Waals surface area contributed by atoms with Gasteiger partial charge in [0.1, 0.15) is 0 Å². The summed E-state index contributed by atoms with van der Waals surface area (Å²) in [4.78, 5) is 11.1. The molecule has 0 amide bonds. The first-order chi connectivity index (χ1) is 14.1. The number of fused-ring (bicyclic) bond motifs is 5. The average Bonchev–Trinajstić information content (AvgIpc) is 3.05. The number of carboxylic acids is 1. The van der Waals surface area contributed by atoms with Crippen LogP contribution in [0.5, 0.6) is 0 Å². The van der Waals surface area contributed by atoms with Gasteiger partial charge in [0.05, 0.1) is 12.2 Å². The largest absolute Gasteiger partial charge is 0.481 e. The van der Waals surface area contributed by atoms with Crippen LogP contribution in [0.3, 0.4) is 0 Å². The lowest BCUT2D eigenvalue weighted by Gasteiger charge is -2.64. The van der Waals surface area contributed by atoms with E-state index in [1.54, 1.807) is 0 Å². The van der Waals surface area contributed by atoms with Crippen molar-refractivity contribution in [3.05, 3.63) is 0 Å². The molecule has 4 nitrogen and oxygen atoms in total. The Labute approximate surface area is 182 Å². The SMILES string of the molecule is CC[C@H]1[C@@H](O)[C@@H]2[C@H](CC[C@]3(C)[C@@H](C(C)CCC(=O)O)CC[C@@H]23)[C@@]2(C)CC[C@H](O)C[C@@H]12. The quantitative estimate of drug-likeness (QED) is 0.577. The molecule has 0 radical (unpaired) electrons. The second-order valence-corrected chi connectivity index (χ2v) is 12.0. The van der Waals surface area contributed by atoms with Crippen molar-refractivity contribution in [1.82, 2.24) is 0 Å². The van der Waals surface area contributed by atoms with E-state index >= 15 is 0 Å². The van der Waals surface area contributed by atoms with E-state index in [2.05, 4.69) is 27.7 Å². The molecule has 30 heavy (non-hydrogen) atoms. The third kappa shape index (κ3) is 3.36. The molecule has 1 unspecified atom stereocenters. The van der Waals surface area contributed by atoms with Gasteiger partial charge in [-0.3, -0.25) is 4.79 Å². The normalized spacial score (nSPS) is 51.5. The maximum atomic E-state index is 11.7. The van der Waals surface area contributed by atoms with Crippen molar-refractivity contribution in [3.63, 3.8) is 0 Å². The summed E-state index contributed by atoms with van der Waals surface area (Å²) in [7, 11) is 0. The standard InChI is InChI=1S/C26H44O4/c1-5-17-21-14-16(27)10-12-26(21,4)20-11-13-25(3)18(15(2)6-9-22(28)29)7-8-19(25)23(20)24(17)30/h15-21,23-24,27,30H,5-14H2,1-4H3,(H,28,29)/t15?,16-,17+,18+,19-,20-,21-,23-,24+,25+,26+/m0/s1. The van der Waals surface area contributed by atoms with Crippen LogP contribution in [0.25, 0.3) is 0 Å². The van der Waals surface area contributed by atoms with E-state index in [4.69, 9.17) is 5.11 Å². The first-order valence-corrected chi connectivity index (χ1v) is 12.7. The Kier molecular flexibility index (Phi) is 6.07. The first-order valence-electron chi connectivity index (χ1n) is 12.7. The van der Waals surface area contributed by atoms with Crippen molar-refractivity contribution in [1.29, 1.82) is 0 Å². The Morgan fingerprint density at radius 2 is 1.67 bits per heavy atom. The molecule has 0 heterocycles. The summed E-state index contributed by atoms with van der Waals surface area (Å²) < 4.78 is 0. The summed E-state index contributed by atoms with van der Waals surface area (Å²) in [6.45, 7) is 9.44. The second kappa shape index (κ2) is 8.06. The van der Waals surface area contributed by atoms with Crippen molar-refractivity contribution in [3.8, 4) is 0 Å². The molecule has 0 aromatic carbocycles. The molecule has 4 heteroatoms. The summed E-state index contributed by atoms with van der Waals surface area (Å²) in [6.07, 6.45) is 9.27. The Morgan fingerprint density at radius 1 is 1.00 bits per heavy atom. The lowest BCUT2D eigenvalue weighted by atomic mass is 9.41. The predicted molar refractivity (Wildman–Crippen MR) is 118 cm³/mol. The fraction of sp³-hybridized carbons (Fsp3) is 0.962. The molecule has 0 bridgehead atoms. The smallest absolute Gasteiger partial charge is 0.303 e. The molecular weight excluding hydrogens is 376 g/mol. The minimum absolute atomic E-state index is 0.194. The maximum absolute atomic E-state index is 11.7. The van der Waals surface area contributed by atoms with Gasteiger partial charge < -0.3 is 15.3 Å². The van der Waals surface area contributed by atoms with E-state index in [0.717, 1.165) is 32.1 Å². The van der Waals surface area contributed by atoms with Crippen molar-refractivity contribution < 1.29 is 20.1 Å². The van der Waals surface area contributed by atoms with Gasteiger partial charge in [-0.15, -0.1) is 0 Å². The number of hydrogen-bond donors (Lipinski definition) is 3. The van der Waals surface area contributed by atoms with E-state index < -0.39 is 5.97 Å². The van der Waals surface area contributed by atoms with Gasteiger partial charge in [0.2, 0.25) is 0 Å². The van der Waals surface area contributed by atoms with Crippen molar-refractivity contribution in [2.45, 2.75) is 104 Å². The summed E-state index contributed by atoms with van der Waals surface area (Å²) in [5.74, 6) is 2.58. The highest BCUT2D eigenvalue weighted by atomic mass is 16.4. The highest BCUT2D eigenvalue weighted by Crippen LogP contribution is 2.69. The fourth-order valence-electron chi connectivity index (χ4n) is 9.48. The molecule has 0 aromatic heterocycles. The number of rotatable bonds is 5. The first kappa shape index (κ1) is 22.6. The zero-order chi connectivity index (χ0) is 21.8. The molecule has 0 aliphatic heterocycles. The molecule has 4 saturated carbocycles. The van der Waals surface area contributed by atoms with Crippen molar-refractivity contribution in [2.24, 2.45) is 52.3 Å². The van der Waals surface area contributed by atoms with Crippen LogP contribution in [-0.2, 0) is 4.79 Å². The topological polar surface area (TPSA) is 77.8 Å². The molecule has 3 N–H and O–H groups in total. The zero-order valence-corrected chi connectivity index (χ0v) is 19.5. The minimum atomic E-state index is -0.683. The van der Waals surface area contributed by atoms with Gasteiger partial charge in [-0.25, -0.2) is 0 Å². The summed E-state index contributed by atoms with van der Waals surface area (Å²) in [5, 5.41) is 31.3. The van der Waals surface area contributed by atoms with Crippen LogP contribution in [0.2, 0.25) is 0 Å². The Hall–Kier alpha value is -0.610. The number of carbonyl (C=O) groups is 1. The second-order valence-electron chi connectivity index (χ2n) is 12.0. The third-order valence-corrected chi connectivity index (χ3v) is 11.0. The molecule has 0 aromatic rings. The van der Waals surface area contributed by atoms with E-state index in [1.807, 2.05) is 0 Å². The average molecular weight is 421 g/mol. The molecule has 0 spiro atoms. The lowest BCUT2D eigenvalue weighted by molar-refractivity contribution is -0.203. The van der Waals surface area contributed by atoms with E-state index in [1.165, 1.54) is 25.7 Å². The van der Waals surface area contributed by atoms with Gasteiger partial charge in [0.15, 0.2) is 0 Å². The number of aliphatic carboxylic acids is 1. The Balaban J connectivity index is 1.61. The fourth-order valence-corrected chi connectivity index (χ4v) is 9.48. The van der Waals surface area contributed by atoms with Gasteiger partial charge in [-0.2, -0.15) is 0 Å². The van der Waals surface area contributed by atoms with Crippen LogP contribution >= 0.6 is 0 Å². The van der Waals surface area contributed by atoms with Crippen LogP contribution < -0.4 is 0 Å². The van der Waals surface area contributed by atoms with Crippen LogP contribution in [0, 0.1) is 52.3 Å². The third-order valence-electron chi connectivity index (χ3n) is 11.0. The minimum Gasteiger partial charge on any atom is -0.481 e. The maximum Gasteiger partial charge on any atom is 0.303 e. The molecular formula is C26H44O4. The Bertz CT molecular complexity index is 649. The number of aliphatic hydroxyl groups excluding tert-OH is 2. The highest BCUT2D eigenvalue weighted by Gasteiger charge is 2.64. The van der Waals surface area contributed by atoms with Gasteiger partial charge in [-0.05, 0) is 104 Å². The number of aliphatic hydroxyl groups is 2. The van der Waals surface area contributed by atoms with Crippen LogP contribution in [0.1, 0.15) is 91.9 Å². The Morgan fingerprint density at radius 3 is 2.33 bits per heavy atom. The molecule has 11 atom stereocenters. The molecule has 4 aliphatic rings. The van der Waals surface area contributed by atoms with Crippen molar-refractivity contribution >= 4 is 5.97 Å². The monoisotopic (exact) mass is 420 g/mol. The van der Waals surface area contributed by atoms with Crippen molar-refractivity contribution in [2.75, 3.05) is 0 Å². The van der Waals surface area contributed by atoms with E-state index in [-0.39, 0.29) is 29.5 Å². The van der Waals surface area contributed by atoms with Crippen LogP contribution in [0.4, 0.5) is 0 Å². The van der Waals surface area contributed by atoms with Crippen LogP contribution in [0.15, 0.2) is 0 Å². The van der Waals surface area contributed by atoms with Crippen LogP contribution in [-0.4, -0.2) is 33.5 Å². The van der Waals surface area contributed by atoms with Gasteiger partial charge in [0, 0.05) is 6.42 Å². The summed E-state index contributed by atoms with van der Waals surface area (Å²) in [5.41, 5.74) is 0.480. The van der Waals surface area contributed by atoms with Gasteiger partial charge >= 0.3 is 5.97 Å². The zero-order valence-electron chi connectivity index (χ0n) is 19.5. The molecule has 4 rings (SSSR count). The predicted octanol–water partition coefficient (Wildman–Crippen LogP) is 5.11. The highest BCUT2D eigenvalue weighted by molar-refractivity contribution is 5.66. The molecule has 0 saturated heterocycles. The number of hydrogen-bond acceptors (Lipinski definition) is 3. The number of carboxylic acid groups (broad SMARTS) is 1.